The van der Waals surface area contributed by atoms with Crippen LogP contribution in [0.5, 0.6) is 0 Å². The molecule has 0 unspecified atom stereocenters. The van der Waals surface area contributed by atoms with Crippen LogP contribution >= 0.6 is 23.2 Å². The third kappa shape index (κ3) is 2.36. The third-order valence-electron chi connectivity index (χ3n) is 3.11. The van der Waals surface area contributed by atoms with Gasteiger partial charge in [0, 0.05) is 11.1 Å². The van der Waals surface area contributed by atoms with E-state index in [2.05, 4.69) is 35.9 Å². The molecule has 1 aromatic heterocycles. The largest absolute Gasteiger partial charge is 0.216 e. The number of halogens is 2. The highest BCUT2D eigenvalue weighted by molar-refractivity contribution is 6.34. The summed E-state index contributed by atoms with van der Waals surface area (Å²) in [4.78, 5) is 8.61. The van der Waals surface area contributed by atoms with Gasteiger partial charge in [0.05, 0.1) is 0 Å². The predicted octanol–water partition coefficient (Wildman–Crippen LogP) is 4.68. The summed E-state index contributed by atoms with van der Waals surface area (Å²) in [6, 6.07) is 4.19. The number of hydrogen-bond donors (Lipinski definition) is 0. The molecule has 94 valence electrons. The van der Waals surface area contributed by atoms with Crippen LogP contribution in [0, 0.1) is 27.7 Å². The maximum atomic E-state index is 6.06. The molecule has 0 N–H and O–H groups in total. The lowest BCUT2D eigenvalue weighted by Crippen LogP contribution is -1.97. The van der Waals surface area contributed by atoms with Crippen LogP contribution in [-0.4, -0.2) is 9.97 Å². The fourth-order valence-corrected chi connectivity index (χ4v) is 2.17. The standard InChI is InChI=1S/C14H14Cl2N2/c1-7-5-9(3)11(6-8(7)2)14-17-12(15)10(4)13(16)18-14/h5-6H,1-4H3. The Morgan fingerprint density at radius 1 is 0.778 bits per heavy atom. The molecule has 4 heteroatoms. The summed E-state index contributed by atoms with van der Waals surface area (Å²) >= 11 is 12.1. The molecule has 2 nitrogen and oxygen atoms in total. The molecule has 0 radical (unpaired) electrons. The van der Waals surface area contributed by atoms with Crippen molar-refractivity contribution in [1.29, 1.82) is 0 Å². The molecule has 0 bridgehead atoms. The highest BCUT2D eigenvalue weighted by Crippen LogP contribution is 2.28. The summed E-state index contributed by atoms with van der Waals surface area (Å²) in [7, 11) is 0. The van der Waals surface area contributed by atoms with E-state index in [0.717, 1.165) is 11.1 Å². The molecule has 0 aliphatic carbocycles. The molecule has 0 aliphatic heterocycles. The average Bonchev–Trinajstić information content (AvgIpc) is 2.30. The minimum Gasteiger partial charge on any atom is -0.216 e. The lowest BCUT2D eigenvalue weighted by atomic mass is 10.0. The van der Waals surface area contributed by atoms with Crippen LogP contribution in [-0.2, 0) is 0 Å². The van der Waals surface area contributed by atoms with Gasteiger partial charge in [-0.2, -0.15) is 0 Å². The normalized spacial score (nSPS) is 10.8. The van der Waals surface area contributed by atoms with Crippen LogP contribution in [0.3, 0.4) is 0 Å². The lowest BCUT2D eigenvalue weighted by molar-refractivity contribution is 1.13. The van der Waals surface area contributed by atoms with Crippen molar-refractivity contribution in [3.8, 4) is 11.4 Å². The van der Waals surface area contributed by atoms with Crippen LogP contribution in [0.2, 0.25) is 10.3 Å². The Hall–Kier alpha value is -1.12. The molecule has 0 aliphatic rings. The van der Waals surface area contributed by atoms with E-state index in [1.165, 1.54) is 11.1 Å². The van der Waals surface area contributed by atoms with Crippen molar-refractivity contribution in [2.24, 2.45) is 0 Å². The van der Waals surface area contributed by atoms with Gasteiger partial charge in [-0.1, -0.05) is 29.3 Å². The number of benzene rings is 1. The molecule has 0 saturated heterocycles. The Morgan fingerprint density at radius 2 is 1.28 bits per heavy atom. The highest BCUT2D eigenvalue weighted by atomic mass is 35.5. The van der Waals surface area contributed by atoms with Crippen LogP contribution in [0.15, 0.2) is 12.1 Å². The zero-order valence-corrected chi connectivity index (χ0v) is 12.3. The summed E-state index contributed by atoms with van der Waals surface area (Å²) < 4.78 is 0. The molecule has 0 fully saturated rings. The molecule has 1 aromatic carbocycles. The van der Waals surface area contributed by atoms with Gasteiger partial charge in [0.2, 0.25) is 0 Å². The van der Waals surface area contributed by atoms with Gasteiger partial charge in [0.15, 0.2) is 5.82 Å². The first kappa shape index (κ1) is 13.3. The van der Waals surface area contributed by atoms with E-state index in [-0.39, 0.29) is 0 Å². The van der Waals surface area contributed by atoms with E-state index < -0.39 is 0 Å². The van der Waals surface area contributed by atoms with E-state index in [0.29, 0.717) is 21.7 Å². The van der Waals surface area contributed by atoms with Gasteiger partial charge in [-0.15, -0.1) is 0 Å². The molecular weight excluding hydrogens is 267 g/mol. The Labute approximate surface area is 117 Å². The molecule has 18 heavy (non-hydrogen) atoms. The van der Waals surface area contributed by atoms with Crippen molar-refractivity contribution in [3.63, 3.8) is 0 Å². The van der Waals surface area contributed by atoms with Crippen LogP contribution in [0.1, 0.15) is 22.3 Å². The fraction of sp³-hybridized carbons (Fsp3) is 0.286. The smallest absolute Gasteiger partial charge is 0.162 e. The maximum absolute atomic E-state index is 6.06. The zero-order chi connectivity index (χ0) is 13.4. The summed E-state index contributed by atoms with van der Waals surface area (Å²) in [5, 5.41) is 0.810. The van der Waals surface area contributed by atoms with Crippen LogP contribution in [0.4, 0.5) is 0 Å². The molecule has 0 saturated carbocycles. The van der Waals surface area contributed by atoms with Crippen molar-refractivity contribution in [1.82, 2.24) is 9.97 Å². The first-order valence-corrected chi connectivity index (χ1v) is 6.43. The quantitative estimate of drug-likeness (QED) is 0.709. The van der Waals surface area contributed by atoms with Gasteiger partial charge in [-0.25, -0.2) is 9.97 Å². The van der Waals surface area contributed by atoms with Gasteiger partial charge in [-0.05, 0) is 50.5 Å². The van der Waals surface area contributed by atoms with Crippen LogP contribution < -0.4 is 0 Å². The van der Waals surface area contributed by atoms with Crippen molar-refractivity contribution in [2.75, 3.05) is 0 Å². The number of nitrogens with zero attached hydrogens (tertiary/aromatic N) is 2. The van der Waals surface area contributed by atoms with Gasteiger partial charge in [0.1, 0.15) is 10.3 Å². The van der Waals surface area contributed by atoms with Crippen molar-refractivity contribution in [2.45, 2.75) is 27.7 Å². The topological polar surface area (TPSA) is 25.8 Å². The van der Waals surface area contributed by atoms with E-state index in [1.807, 2.05) is 13.8 Å². The third-order valence-corrected chi connectivity index (χ3v) is 3.84. The van der Waals surface area contributed by atoms with E-state index in [9.17, 15) is 0 Å². The number of aryl methyl sites for hydroxylation is 3. The first-order valence-electron chi connectivity index (χ1n) is 5.68. The fourth-order valence-electron chi connectivity index (χ4n) is 1.79. The monoisotopic (exact) mass is 280 g/mol. The minimum absolute atomic E-state index is 0.405. The number of rotatable bonds is 1. The molecule has 2 rings (SSSR count). The second-order valence-electron chi connectivity index (χ2n) is 4.51. The van der Waals surface area contributed by atoms with E-state index in [1.54, 1.807) is 0 Å². The second-order valence-corrected chi connectivity index (χ2v) is 5.22. The molecule has 2 aromatic rings. The Bertz CT molecular complexity index is 598. The van der Waals surface area contributed by atoms with E-state index >= 15 is 0 Å². The molecule has 0 atom stereocenters. The van der Waals surface area contributed by atoms with Crippen molar-refractivity contribution >= 4 is 23.2 Å². The van der Waals surface area contributed by atoms with Gasteiger partial charge < -0.3 is 0 Å². The first-order chi connectivity index (χ1) is 8.40. The number of hydrogen-bond acceptors (Lipinski definition) is 2. The Balaban J connectivity index is 2.66. The van der Waals surface area contributed by atoms with Crippen molar-refractivity contribution < 1.29 is 0 Å². The molecule has 0 amide bonds. The summed E-state index contributed by atoms with van der Waals surface area (Å²) in [5.74, 6) is 0.580. The number of aromatic nitrogens is 2. The molecule has 1 heterocycles. The zero-order valence-electron chi connectivity index (χ0n) is 10.8. The SMILES string of the molecule is Cc1cc(C)c(-c2nc(Cl)c(C)c(Cl)n2)cc1C. The highest BCUT2D eigenvalue weighted by Gasteiger charge is 2.12. The van der Waals surface area contributed by atoms with Gasteiger partial charge in [-0.3, -0.25) is 0 Å². The maximum Gasteiger partial charge on any atom is 0.162 e. The molecule has 0 spiro atoms. The summed E-state index contributed by atoms with van der Waals surface area (Å²) in [5.41, 5.74) is 5.26. The average molecular weight is 281 g/mol. The van der Waals surface area contributed by atoms with E-state index in [4.69, 9.17) is 23.2 Å². The Morgan fingerprint density at radius 3 is 1.83 bits per heavy atom. The second kappa shape index (κ2) is 4.87. The summed E-state index contributed by atoms with van der Waals surface area (Å²) in [6.45, 7) is 7.99. The minimum atomic E-state index is 0.405. The lowest BCUT2D eigenvalue weighted by Gasteiger charge is -2.10. The van der Waals surface area contributed by atoms with Gasteiger partial charge in [0.25, 0.3) is 0 Å². The van der Waals surface area contributed by atoms with Gasteiger partial charge >= 0.3 is 0 Å². The molecular formula is C14H14Cl2N2. The van der Waals surface area contributed by atoms with Crippen LogP contribution in [0.25, 0.3) is 11.4 Å². The van der Waals surface area contributed by atoms with Crippen molar-refractivity contribution in [3.05, 3.63) is 44.7 Å². The summed E-state index contributed by atoms with van der Waals surface area (Å²) in [6.07, 6.45) is 0. The predicted molar refractivity (Wildman–Crippen MR) is 76.4 cm³/mol. The Kier molecular flexibility index (Phi) is 3.60.